The molecule has 2 aromatic rings. The van der Waals surface area contributed by atoms with Crippen LogP contribution < -0.4 is 15.8 Å². The monoisotopic (exact) mass is 494 g/mol. The highest BCUT2D eigenvalue weighted by Gasteiger charge is 2.54. The molecule has 0 unspecified atom stereocenters. The first kappa shape index (κ1) is 25.9. The van der Waals surface area contributed by atoms with Crippen molar-refractivity contribution in [1.29, 1.82) is 0 Å². The van der Waals surface area contributed by atoms with E-state index in [2.05, 4.69) is 15.3 Å². The number of pyridine rings is 1. The van der Waals surface area contributed by atoms with Gasteiger partial charge in [-0.05, 0) is 37.8 Å². The van der Waals surface area contributed by atoms with Gasteiger partial charge in [0.15, 0.2) is 11.4 Å². The number of aromatic nitrogens is 1. The van der Waals surface area contributed by atoms with Gasteiger partial charge in [-0.3, -0.25) is 14.6 Å². The Morgan fingerprint density at radius 1 is 1.31 bits per heavy atom. The largest absolute Gasteiger partial charge is 0.483 e. The molecule has 1 aliphatic carbocycles. The summed E-state index contributed by atoms with van der Waals surface area (Å²) >= 11 is 0. The maximum atomic E-state index is 15.3. The number of aliphatic imine (C=N–C) groups is 1. The SMILES string of the molecule is C[C@]1(c2cccc(NC(=O)c3cccc(OCC4CC4)n3)c2F)N=C(N)COCC1(F)F.O=CO. The highest BCUT2D eigenvalue weighted by molar-refractivity contribution is 6.03. The zero-order valence-electron chi connectivity index (χ0n) is 18.8. The molecule has 4 N–H and O–H groups in total. The van der Waals surface area contributed by atoms with E-state index in [1.54, 1.807) is 12.1 Å². The third kappa shape index (κ3) is 6.07. The van der Waals surface area contributed by atoms with Crippen molar-refractivity contribution in [1.82, 2.24) is 4.98 Å². The van der Waals surface area contributed by atoms with E-state index in [1.807, 2.05) is 0 Å². The number of rotatable bonds is 6. The molecule has 9 nitrogen and oxygen atoms in total. The van der Waals surface area contributed by atoms with Crippen molar-refractivity contribution in [2.45, 2.75) is 31.2 Å². The first-order chi connectivity index (χ1) is 16.6. The fourth-order valence-corrected chi connectivity index (χ4v) is 3.38. The van der Waals surface area contributed by atoms with Crippen LogP contribution in [0.5, 0.6) is 5.88 Å². The van der Waals surface area contributed by atoms with Gasteiger partial charge >= 0.3 is 0 Å². The van der Waals surface area contributed by atoms with Gasteiger partial charge in [0.25, 0.3) is 18.3 Å². The zero-order chi connectivity index (χ0) is 25.6. The van der Waals surface area contributed by atoms with Gasteiger partial charge in [0, 0.05) is 11.6 Å². The first-order valence-corrected chi connectivity index (χ1v) is 10.7. The number of halogens is 3. The third-order valence-corrected chi connectivity index (χ3v) is 5.50. The molecular formula is C23H25F3N4O5. The van der Waals surface area contributed by atoms with Gasteiger partial charge in [0.05, 0.1) is 12.3 Å². The van der Waals surface area contributed by atoms with Crippen molar-refractivity contribution in [2.75, 3.05) is 25.1 Å². The van der Waals surface area contributed by atoms with Gasteiger partial charge in [-0.25, -0.2) is 18.2 Å². The summed E-state index contributed by atoms with van der Waals surface area (Å²) in [6.07, 6.45) is 2.21. The molecule has 1 aliphatic heterocycles. The van der Waals surface area contributed by atoms with Crippen LogP contribution in [0.2, 0.25) is 0 Å². The summed E-state index contributed by atoms with van der Waals surface area (Å²) < 4.78 is 55.4. The molecule has 0 radical (unpaired) electrons. The number of nitrogens with zero attached hydrogens (tertiary/aromatic N) is 2. The molecule has 1 aromatic heterocycles. The summed E-state index contributed by atoms with van der Waals surface area (Å²) in [7, 11) is 0. The fourth-order valence-electron chi connectivity index (χ4n) is 3.38. The Morgan fingerprint density at radius 3 is 2.69 bits per heavy atom. The fraction of sp³-hybridized carbons (Fsp3) is 0.391. The first-order valence-electron chi connectivity index (χ1n) is 10.7. The number of hydrogen-bond acceptors (Lipinski definition) is 7. The Morgan fingerprint density at radius 2 is 2.00 bits per heavy atom. The van der Waals surface area contributed by atoms with Gasteiger partial charge in [-0.1, -0.05) is 18.2 Å². The molecule has 2 heterocycles. The Kier molecular flexibility index (Phi) is 7.95. The Hall–Kier alpha value is -3.67. The molecule has 1 saturated carbocycles. The number of anilines is 1. The van der Waals surface area contributed by atoms with Crippen molar-refractivity contribution in [3.63, 3.8) is 0 Å². The Balaban J connectivity index is 0.00000108. The molecule has 1 amide bonds. The van der Waals surface area contributed by atoms with Crippen LogP contribution in [0.1, 0.15) is 35.8 Å². The van der Waals surface area contributed by atoms with E-state index in [4.69, 9.17) is 25.1 Å². The van der Waals surface area contributed by atoms with E-state index >= 15 is 4.39 Å². The summed E-state index contributed by atoms with van der Waals surface area (Å²) in [6.45, 7) is 0.102. The third-order valence-electron chi connectivity index (χ3n) is 5.50. The van der Waals surface area contributed by atoms with Crippen LogP contribution >= 0.6 is 0 Å². The summed E-state index contributed by atoms with van der Waals surface area (Å²) in [5.41, 5.74) is 2.65. The normalized spacial score (nSPS) is 21.0. The molecule has 2 aliphatic rings. The molecule has 1 fully saturated rings. The summed E-state index contributed by atoms with van der Waals surface area (Å²) in [5, 5.41) is 9.28. The van der Waals surface area contributed by atoms with E-state index in [0.29, 0.717) is 12.5 Å². The van der Waals surface area contributed by atoms with E-state index in [1.165, 1.54) is 24.3 Å². The predicted molar refractivity (Wildman–Crippen MR) is 120 cm³/mol. The maximum absolute atomic E-state index is 15.3. The van der Waals surface area contributed by atoms with E-state index < -0.39 is 35.4 Å². The van der Waals surface area contributed by atoms with Crippen molar-refractivity contribution >= 4 is 23.9 Å². The second kappa shape index (κ2) is 10.7. The molecule has 1 atom stereocenters. The minimum atomic E-state index is -3.54. The van der Waals surface area contributed by atoms with Crippen molar-refractivity contribution in [3.8, 4) is 5.88 Å². The lowest BCUT2D eigenvalue weighted by Gasteiger charge is -2.33. The average Bonchev–Trinajstić information content (AvgIpc) is 3.64. The quantitative estimate of drug-likeness (QED) is 0.525. The molecule has 12 heteroatoms. The number of carbonyl (C=O) groups excluding carboxylic acids is 1. The minimum Gasteiger partial charge on any atom is -0.483 e. The number of carboxylic acid groups (broad SMARTS) is 1. The number of amides is 1. The molecule has 1 aromatic carbocycles. The van der Waals surface area contributed by atoms with Crippen molar-refractivity contribution in [2.24, 2.45) is 16.6 Å². The van der Waals surface area contributed by atoms with Crippen LogP contribution in [0.15, 0.2) is 41.4 Å². The lowest BCUT2D eigenvalue weighted by molar-refractivity contribution is -0.122. The van der Waals surface area contributed by atoms with Crippen molar-refractivity contribution < 1.29 is 37.3 Å². The maximum Gasteiger partial charge on any atom is 0.299 e. The van der Waals surface area contributed by atoms with Crippen LogP contribution in [0.25, 0.3) is 0 Å². The molecular weight excluding hydrogens is 469 g/mol. The van der Waals surface area contributed by atoms with Gasteiger partial charge in [0.2, 0.25) is 5.88 Å². The van der Waals surface area contributed by atoms with Crippen LogP contribution in [-0.4, -0.2) is 54.0 Å². The Bertz CT molecular complexity index is 1110. The molecule has 0 spiro atoms. The highest BCUT2D eigenvalue weighted by Crippen LogP contribution is 2.44. The van der Waals surface area contributed by atoms with Crippen LogP contribution in [-0.2, 0) is 15.1 Å². The number of nitrogens with two attached hydrogens (primary N) is 1. The standard InChI is InChI=1S/C22H23F3N4O3.CH2O2/c1-21(22(24,25)12-31-11-17(26)29-21)14-4-2-5-15(19(14)23)28-20(30)16-6-3-7-18(27-16)32-10-13-8-9-13;2-1-3/h2-7,13H,8-12H2,1H3,(H2,26,29)(H,28,30);1H,(H,2,3)/t21-;/m1./s1. The number of carbonyl (C=O) groups is 2. The van der Waals surface area contributed by atoms with E-state index in [9.17, 15) is 13.6 Å². The summed E-state index contributed by atoms with van der Waals surface area (Å²) in [4.78, 5) is 29.0. The van der Waals surface area contributed by atoms with Crippen LogP contribution in [0.4, 0.5) is 18.9 Å². The Labute approximate surface area is 199 Å². The van der Waals surface area contributed by atoms with Gasteiger partial charge < -0.3 is 25.6 Å². The molecule has 0 saturated heterocycles. The second-order valence-electron chi connectivity index (χ2n) is 8.21. The predicted octanol–water partition coefficient (Wildman–Crippen LogP) is 3.20. The number of amidine groups is 1. The van der Waals surface area contributed by atoms with Gasteiger partial charge in [-0.15, -0.1) is 0 Å². The van der Waals surface area contributed by atoms with Crippen LogP contribution in [0, 0.1) is 11.7 Å². The molecule has 35 heavy (non-hydrogen) atoms. The second-order valence-corrected chi connectivity index (χ2v) is 8.21. The average molecular weight is 494 g/mol. The molecule has 4 rings (SSSR count). The number of alkyl halides is 2. The van der Waals surface area contributed by atoms with Crippen molar-refractivity contribution in [3.05, 3.63) is 53.5 Å². The van der Waals surface area contributed by atoms with E-state index in [-0.39, 0.29) is 36.2 Å². The number of hydrogen-bond donors (Lipinski definition) is 3. The lowest BCUT2D eigenvalue weighted by atomic mass is 9.85. The topological polar surface area (TPSA) is 136 Å². The van der Waals surface area contributed by atoms with Crippen LogP contribution in [0.3, 0.4) is 0 Å². The highest BCUT2D eigenvalue weighted by atomic mass is 19.3. The molecule has 188 valence electrons. The number of benzene rings is 1. The van der Waals surface area contributed by atoms with Gasteiger partial charge in [-0.2, -0.15) is 0 Å². The minimum absolute atomic E-state index is 0.00442. The lowest BCUT2D eigenvalue weighted by Crippen LogP contribution is -2.45. The summed E-state index contributed by atoms with van der Waals surface area (Å²) in [6, 6.07) is 8.48. The smallest absolute Gasteiger partial charge is 0.299 e. The van der Waals surface area contributed by atoms with Gasteiger partial charge in [0.1, 0.15) is 24.7 Å². The van der Waals surface area contributed by atoms with E-state index in [0.717, 1.165) is 19.8 Å². The summed E-state index contributed by atoms with van der Waals surface area (Å²) in [5.74, 6) is -4.66. The molecule has 0 bridgehead atoms. The number of ether oxygens (including phenoxy) is 2. The zero-order valence-corrected chi connectivity index (χ0v) is 18.8. The number of nitrogens with one attached hydrogen (secondary N) is 1.